The number of nitrogens with one attached hydrogen (secondary N) is 1. The number of quaternary nitrogens is 1. The molecule has 4 heteroatoms. The molecule has 2 atom stereocenters. The Hall–Kier alpha value is 0.310. The molecule has 0 saturated carbocycles. The van der Waals surface area contributed by atoms with E-state index in [0.717, 1.165) is 6.42 Å². The fourth-order valence-electron chi connectivity index (χ4n) is 0.344. The average molecular weight is 151 g/mol. The largest absolute Gasteiger partial charge is 0.599 e. The topological polar surface area (TPSA) is 36.7 Å². The van der Waals surface area contributed by atoms with Gasteiger partial charge in [-0.05, 0) is 20.3 Å². The van der Waals surface area contributed by atoms with Gasteiger partial charge >= 0.3 is 0 Å². The van der Waals surface area contributed by atoms with Crippen LogP contribution in [-0.4, -0.2) is 5.60 Å². The van der Waals surface area contributed by atoms with Gasteiger partial charge in [-0.3, -0.25) is 0 Å². The molecule has 0 amide bonds. The van der Waals surface area contributed by atoms with Crippen LogP contribution in [0.4, 0.5) is 0 Å². The van der Waals surface area contributed by atoms with E-state index in [1.165, 1.54) is 0 Å². The molecule has 56 valence electrons. The van der Waals surface area contributed by atoms with E-state index in [0.29, 0.717) is 0 Å². The summed E-state index contributed by atoms with van der Waals surface area (Å²) in [5.41, 5.74) is -0.307. The Morgan fingerprint density at radius 1 is 1.67 bits per heavy atom. The molecule has 0 radical (unpaired) electrons. The summed E-state index contributed by atoms with van der Waals surface area (Å²) in [7, 11) is 1.99. The molecule has 1 N–H and O–H groups in total. The molecule has 0 spiro atoms. The standard InChI is InChI=1S/C5H14NO2P/c1-4-5(2,3)8-6(7)9/h6H,4,9H2,1-3H3. The quantitative estimate of drug-likeness (QED) is 0.464. The summed E-state index contributed by atoms with van der Waals surface area (Å²) in [4.78, 5) is 4.62. The summed E-state index contributed by atoms with van der Waals surface area (Å²) in [6.07, 6.45) is 0.840. The first-order valence-corrected chi connectivity index (χ1v) is 3.54. The van der Waals surface area contributed by atoms with Gasteiger partial charge in [0.1, 0.15) is 15.0 Å². The smallest absolute Gasteiger partial charge is 0.122 e. The van der Waals surface area contributed by atoms with E-state index in [1.807, 2.05) is 30.2 Å². The second-order valence-corrected chi connectivity index (χ2v) is 3.01. The highest BCUT2D eigenvalue weighted by Crippen LogP contribution is 2.09. The van der Waals surface area contributed by atoms with Gasteiger partial charge in [0.05, 0.1) is 0 Å². The zero-order valence-electron chi connectivity index (χ0n) is 6.10. The first-order chi connectivity index (χ1) is 3.98. The zero-order chi connectivity index (χ0) is 7.49. The van der Waals surface area contributed by atoms with E-state index in [2.05, 4.69) is 0 Å². The molecule has 0 saturated heterocycles. The fourth-order valence-corrected chi connectivity index (χ4v) is 0.664. The third-order valence-electron chi connectivity index (χ3n) is 1.23. The number of hydrogen-bond acceptors (Lipinski definition) is 2. The Bertz CT molecular complexity index is 85.0. The third-order valence-corrected chi connectivity index (χ3v) is 1.35. The molecule has 3 nitrogen and oxygen atoms in total. The first kappa shape index (κ1) is 9.31. The molecule has 0 aliphatic heterocycles. The van der Waals surface area contributed by atoms with E-state index in [-0.39, 0.29) is 10.6 Å². The van der Waals surface area contributed by atoms with Crippen molar-refractivity contribution in [2.24, 2.45) is 0 Å². The fraction of sp³-hybridized carbons (Fsp3) is 1.00. The van der Waals surface area contributed by atoms with Gasteiger partial charge in [0.2, 0.25) is 0 Å². The predicted octanol–water partition coefficient (Wildman–Crippen LogP) is 0.279. The van der Waals surface area contributed by atoms with Crippen molar-refractivity contribution in [2.45, 2.75) is 32.8 Å². The lowest BCUT2D eigenvalue weighted by atomic mass is 10.1. The summed E-state index contributed by atoms with van der Waals surface area (Å²) in [5.74, 6) is 0. The molecule has 0 aromatic rings. The maximum Gasteiger partial charge on any atom is 0.122 e. The van der Waals surface area contributed by atoms with Crippen molar-refractivity contribution >= 4 is 9.39 Å². The summed E-state index contributed by atoms with van der Waals surface area (Å²) < 4.78 is 0. The monoisotopic (exact) mass is 151 g/mol. The molecule has 0 aromatic carbocycles. The molecule has 0 heterocycles. The van der Waals surface area contributed by atoms with Crippen LogP contribution < -0.4 is 5.00 Å². The van der Waals surface area contributed by atoms with Gasteiger partial charge < -0.3 is 5.21 Å². The SMILES string of the molecule is CCC(C)(C)O[NH+]([O-])P. The van der Waals surface area contributed by atoms with Crippen LogP contribution in [-0.2, 0) is 4.84 Å². The van der Waals surface area contributed by atoms with Crippen molar-refractivity contribution in [3.63, 3.8) is 0 Å². The molecule has 0 aromatic heterocycles. The molecule has 9 heavy (non-hydrogen) atoms. The van der Waals surface area contributed by atoms with Crippen LogP contribution in [0.1, 0.15) is 27.2 Å². The third kappa shape index (κ3) is 4.79. The summed E-state index contributed by atoms with van der Waals surface area (Å²) >= 11 is 0. The average Bonchev–Trinajstić information content (AvgIpc) is 1.63. The second kappa shape index (κ2) is 3.47. The Labute approximate surface area is 58.2 Å². The van der Waals surface area contributed by atoms with E-state index in [1.54, 1.807) is 0 Å². The minimum Gasteiger partial charge on any atom is -0.599 e. The van der Waals surface area contributed by atoms with Gasteiger partial charge in [-0.1, -0.05) is 6.92 Å². The van der Waals surface area contributed by atoms with Gasteiger partial charge in [-0.2, -0.15) is 4.84 Å². The van der Waals surface area contributed by atoms with Crippen LogP contribution in [0, 0.1) is 5.21 Å². The highest BCUT2D eigenvalue weighted by atomic mass is 31.0. The van der Waals surface area contributed by atoms with Gasteiger partial charge in [-0.15, -0.1) is 0 Å². The van der Waals surface area contributed by atoms with Gasteiger partial charge in [-0.25, -0.2) is 5.00 Å². The maximum absolute atomic E-state index is 10.4. The Morgan fingerprint density at radius 2 is 2.11 bits per heavy atom. The van der Waals surface area contributed by atoms with Crippen LogP contribution in [0.15, 0.2) is 0 Å². The lowest BCUT2D eigenvalue weighted by molar-refractivity contribution is -0.953. The Kier molecular flexibility index (Phi) is 3.59. The van der Waals surface area contributed by atoms with E-state index in [9.17, 15) is 5.21 Å². The minimum absolute atomic E-state index is 0.290. The van der Waals surface area contributed by atoms with E-state index < -0.39 is 0 Å². The maximum atomic E-state index is 10.4. The lowest BCUT2D eigenvalue weighted by Crippen LogP contribution is -2.97. The van der Waals surface area contributed by atoms with Gasteiger partial charge in [0, 0.05) is 0 Å². The zero-order valence-corrected chi connectivity index (χ0v) is 7.26. The molecular formula is C5H14NO2P. The Morgan fingerprint density at radius 3 is 2.22 bits per heavy atom. The van der Waals surface area contributed by atoms with Crippen molar-refractivity contribution in [1.29, 1.82) is 0 Å². The van der Waals surface area contributed by atoms with Crippen LogP contribution in [0.3, 0.4) is 0 Å². The van der Waals surface area contributed by atoms with Crippen LogP contribution in [0.25, 0.3) is 0 Å². The highest BCUT2D eigenvalue weighted by molar-refractivity contribution is 7.07. The minimum atomic E-state index is -0.307. The highest BCUT2D eigenvalue weighted by Gasteiger charge is 2.18. The summed E-state index contributed by atoms with van der Waals surface area (Å²) in [6.45, 7) is 5.75. The van der Waals surface area contributed by atoms with E-state index in [4.69, 9.17) is 4.84 Å². The van der Waals surface area contributed by atoms with Crippen LogP contribution >= 0.6 is 9.39 Å². The lowest BCUT2D eigenvalue weighted by Gasteiger charge is -2.26. The molecule has 0 bridgehead atoms. The number of hydrogen-bond donors (Lipinski definition) is 1. The van der Waals surface area contributed by atoms with Gasteiger partial charge in [0.25, 0.3) is 0 Å². The van der Waals surface area contributed by atoms with Gasteiger partial charge in [0.15, 0.2) is 0 Å². The molecule has 0 fully saturated rings. The molecule has 0 aliphatic carbocycles. The van der Waals surface area contributed by atoms with Crippen LogP contribution in [0.2, 0.25) is 0 Å². The predicted molar refractivity (Wildman–Crippen MR) is 39.5 cm³/mol. The molecule has 0 aliphatic rings. The van der Waals surface area contributed by atoms with Crippen molar-refractivity contribution in [2.75, 3.05) is 0 Å². The van der Waals surface area contributed by atoms with E-state index >= 15 is 0 Å². The normalized spacial score (nSPS) is 15.7. The molecule has 0 rings (SSSR count). The Balaban J connectivity index is 3.58. The van der Waals surface area contributed by atoms with Crippen molar-refractivity contribution in [1.82, 2.24) is 0 Å². The number of rotatable bonds is 3. The van der Waals surface area contributed by atoms with Crippen molar-refractivity contribution < 1.29 is 9.83 Å². The summed E-state index contributed by atoms with van der Waals surface area (Å²) in [5, 5.41) is 10.4. The van der Waals surface area contributed by atoms with Crippen molar-refractivity contribution in [3.05, 3.63) is 5.21 Å². The van der Waals surface area contributed by atoms with Crippen LogP contribution in [0.5, 0.6) is 0 Å². The second-order valence-electron chi connectivity index (χ2n) is 2.53. The molecule has 2 unspecified atom stereocenters. The first-order valence-electron chi connectivity index (χ1n) is 2.96. The van der Waals surface area contributed by atoms with Crippen molar-refractivity contribution in [3.8, 4) is 0 Å². The molecular weight excluding hydrogens is 137 g/mol. The summed E-state index contributed by atoms with van der Waals surface area (Å²) in [6, 6.07) is 0.